The summed E-state index contributed by atoms with van der Waals surface area (Å²) in [7, 11) is 1.54. The van der Waals surface area contributed by atoms with Crippen LogP contribution in [0.5, 0.6) is 17.2 Å². The minimum absolute atomic E-state index is 0. The summed E-state index contributed by atoms with van der Waals surface area (Å²) in [5.74, 6) is -0.642. The molecule has 1 aliphatic rings. The molecule has 0 bridgehead atoms. The van der Waals surface area contributed by atoms with Crippen LogP contribution < -0.4 is 54.2 Å². The third kappa shape index (κ3) is 5.76. The van der Waals surface area contributed by atoms with Crippen molar-refractivity contribution in [2.24, 2.45) is 0 Å². The van der Waals surface area contributed by atoms with Gasteiger partial charge in [-0.3, -0.25) is 4.79 Å². The summed E-state index contributed by atoms with van der Waals surface area (Å²) in [6.45, 7) is 0.483. The fourth-order valence-corrected chi connectivity index (χ4v) is 4.52. The molecule has 0 saturated carbocycles. The molecule has 0 fully saturated rings. The molecule has 0 spiro atoms. The van der Waals surface area contributed by atoms with Gasteiger partial charge in [-0.25, -0.2) is 0 Å². The van der Waals surface area contributed by atoms with Gasteiger partial charge in [0.25, 0.3) is 5.91 Å². The minimum atomic E-state index is -1.77. The van der Waals surface area contributed by atoms with Gasteiger partial charge in [-0.2, -0.15) is 0 Å². The first-order valence-corrected chi connectivity index (χ1v) is 11.6. The van der Waals surface area contributed by atoms with Crippen molar-refractivity contribution in [2.45, 2.75) is 18.4 Å². The summed E-state index contributed by atoms with van der Waals surface area (Å²) in [4.78, 5) is 24.9. The van der Waals surface area contributed by atoms with Gasteiger partial charge in [-0.1, -0.05) is 53.5 Å². The molecule has 3 aromatic rings. The van der Waals surface area contributed by atoms with Crippen LogP contribution in [0.4, 0.5) is 0 Å². The molecule has 0 saturated heterocycles. The van der Waals surface area contributed by atoms with Crippen LogP contribution in [0.15, 0.2) is 60.7 Å². The number of para-hydroxylation sites is 2. The second-order valence-electron chi connectivity index (χ2n) is 7.89. The molecule has 0 aliphatic carbocycles. The standard InChI is InChI=1S/C26H23Cl2NO6.Na/c1-33-23-16(5-4-7-19(23)27)11-13-29-24(30)17-9-10-22(20(28)15-17)35-26(25(31)32)12-14-34-21-8-3-2-6-18(21)26;/h2-10,15H,11-14H2,1H3,(H,29,30)(H,31,32);/q;+1/p-1. The summed E-state index contributed by atoms with van der Waals surface area (Å²) >= 11 is 12.5. The number of carbonyl (C=O) groups is 2. The van der Waals surface area contributed by atoms with Crippen molar-refractivity contribution >= 4 is 35.1 Å². The normalized spacial score (nSPS) is 16.1. The number of hydrogen-bond acceptors (Lipinski definition) is 6. The van der Waals surface area contributed by atoms with Gasteiger partial charge in [0.05, 0.1) is 29.7 Å². The number of nitrogens with one attached hydrogen (secondary N) is 1. The third-order valence-corrected chi connectivity index (χ3v) is 6.37. The summed E-state index contributed by atoms with van der Waals surface area (Å²) in [5.41, 5.74) is -0.250. The number of ether oxygens (including phenoxy) is 3. The van der Waals surface area contributed by atoms with Crippen molar-refractivity contribution in [3.63, 3.8) is 0 Å². The molecule has 4 rings (SSSR count). The van der Waals surface area contributed by atoms with E-state index in [-0.39, 0.29) is 59.3 Å². The second-order valence-corrected chi connectivity index (χ2v) is 8.71. The summed E-state index contributed by atoms with van der Waals surface area (Å²) in [6.07, 6.45) is 0.553. The number of carbonyl (C=O) groups excluding carboxylic acids is 2. The topological polar surface area (TPSA) is 96.9 Å². The average Bonchev–Trinajstić information content (AvgIpc) is 2.85. The van der Waals surface area contributed by atoms with E-state index in [9.17, 15) is 14.7 Å². The van der Waals surface area contributed by atoms with Crippen LogP contribution >= 0.6 is 23.2 Å². The first kappa shape index (κ1) is 28.2. The van der Waals surface area contributed by atoms with E-state index in [0.717, 1.165) is 5.56 Å². The van der Waals surface area contributed by atoms with E-state index in [1.807, 2.05) is 12.1 Å². The van der Waals surface area contributed by atoms with E-state index in [4.69, 9.17) is 37.4 Å². The number of hydrogen-bond donors (Lipinski definition) is 1. The van der Waals surface area contributed by atoms with E-state index >= 15 is 0 Å². The van der Waals surface area contributed by atoms with Gasteiger partial charge in [0, 0.05) is 24.1 Å². The zero-order chi connectivity index (χ0) is 25.0. The van der Waals surface area contributed by atoms with Gasteiger partial charge in [-0.05, 0) is 42.3 Å². The average molecular weight is 538 g/mol. The molecule has 182 valence electrons. The Bertz CT molecular complexity index is 1270. The number of methoxy groups -OCH3 is 1. The maximum atomic E-state index is 12.7. The van der Waals surface area contributed by atoms with Crippen LogP contribution in [0.25, 0.3) is 0 Å². The second kappa shape index (κ2) is 12.2. The molecule has 1 aliphatic heterocycles. The Morgan fingerprint density at radius 2 is 1.86 bits per heavy atom. The van der Waals surface area contributed by atoms with Crippen LogP contribution in [0.2, 0.25) is 10.0 Å². The number of rotatable bonds is 8. The quantitative estimate of drug-likeness (QED) is 0.426. The van der Waals surface area contributed by atoms with Crippen LogP contribution in [-0.2, 0) is 16.8 Å². The fourth-order valence-electron chi connectivity index (χ4n) is 4.03. The van der Waals surface area contributed by atoms with Gasteiger partial charge in [0.15, 0.2) is 5.60 Å². The van der Waals surface area contributed by atoms with E-state index in [0.29, 0.717) is 40.6 Å². The summed E-state index contributed by atoms with van der Waals surface area (Å²) in [6, 6.07) is 16.6. The smallest absolute Gasteiger partial charge is 0.545 e. The first-order chi connectivity index (χ1) is 16.9. The number of amides is 1. The number of fused-ring (bicyclic) bond motifs is 1. The van der Waals surface area contributed by atoms with Gasteiger partial charge >= 0.3 is 29.6 Å². The Labute approximate surface area is 240 Å². The van der Waals surface area contributed by atoms with Crippen LogP contribution in [-0.4, -0.2) is 32.1 Å². The van der Waals surface area contributed by atoms with E-state index in [1.165, 1.54) is 18.2 Å². The number of aliphatic carboxylic acids is 1. The van der Waals surface area contributed by atoms with Crippen LogP contribution in [0, 0.1) is 0 Å². The van der Waals surface area contributed by atoms with Gasteiger partial charge in [-0.15, -0.1) is 0 Å². The summed E-state index contributed by atoms with van der Waals surface area (Å²) in [5, 5.41) is 15.6. The molecule has 1 heterocycles. The molecule has 10 heteroatoms. The molecule has 1 N–H and O–H groups in total. The van der Waals surface area contributed by atoms with E-state index in [1.54, 1.807) is 37.4 Å². The Morgan fingerprint density at radius 3 is 2.58 bits per heavy atom. The number of carboxylic acids is 1. The van der Waals surface area contributed by atoms with Crippen molar-refractivity contribution < 1.29 is 58.5 Å². The number of carboxylic acid groups (broad SMARTS) is 1. The third-order valence-electron chi connectivity index (χ3n) is 5.77. The maximum absolute atomic E-state index is 12.7. The minimum Gasteiger partial charge on any atom is -0.545 e. The largest absolute Gasteiger partial charge is 1.00 e. The Balaban J connectivity index is 0.00000361. The predicted molar refractivity (Wildman–Crippen MR) is 129 cm³/mol. The van der Waals surface area contributed by atoms with Gasteiger partial charge < -0.3 is 29.4 Å². The fraction of sp³-hybridized carbons (Fsp3) is 0.231. The van der Waals surface area contributed by atoms with Crippen molar-refractivity contribution in [2.75, 3.05) is 20.3 Å². The van der Waals surface area contributed by atoms with Gasteiger partial charge in [0.2, 0.25) is 0 Å². The first-order valence-electron chi connectivity index (χ1n) is 10.9. The molecule has 0 radical (unpaired) electrons. The Hall–Kier alpha value is -2.42. The van der Waals surface area contributed by atoms with Crippen molar-refractivity contribution in [1.29, 1.82) is 0 Å². The van der Waals surface area contributed by atoms with Crippen molar-refractivity contribution in [3.05, 3.63) is 87.4 Å². The maximum Gasteiger partial charge on any atom is 1.00 e. The zero-order valence-electron chi connectivity index (χ0n) is 19.8. The number of halogens is 2. The molecular formula is C26H22Cl2NNaO6. The SMILES string of the molecule is COc1c(Cl)cccc1CCNC(=O)c1ccc(OC2(C(=O)[O-])CCOc3ccccc32)c(Cl)c1.[Na+]. The molecule has 0 aromatic heterocycles. The van der Waals surface area contributed by atoms with Crippen molar-refractivity contribution in [1.82, 2.24) is 5.32 Å². The molecular weight excluding hydrogens is 516 g/mol. The van der Waals surface area contributed by atoms with Gasteiger partial charge in [0.1, 0.15) is 17.2 Å². The molecule has 1 atom stereocenters. The summed E-state index contributed by atoms with van der Waals surface area (Å²) < 4.78 is 16.8. The monoisotopic (exact) mass is 537 g/mol. The Kier molecular flexibility index (Phi) is 9.55. The molecule has 1 unspecified atom stereocenters. The van der Waals surface area contributed by atoms with E-state index < -0.39 is 11.6 Å². The predicted octanol–water partition coefficient (Wildman–Crippen LogP) is 0.785. The van der Waals surface area contributed by atoms with Crippen molar-refractivity contribution in [3.8, 4) is 17.2 Å². The molecule has 1 amide bonds. The van der Waals surface area contributed by atoms with Crippen LogP contribution in [0.3, 0.4) is 0 Å². The molecule has 7 nitrogen and oxygen atoms in total. The molecule has 3 aromatic carbocycles. The van der Waals surface area contributed by atoms with Crippen LogP contribution in [0.1, 0.15) is 27.9 Å². The number of benzene rings is 3. The zero-order valence-corrected chi connectivity index (χ0v) is 23.3. The van der Waals surface area contributed by atoms with E-state index in [2.05, 4.69) is 5.32 Å². The Morgan fingerprint density at radius 1 is 1.08 bits per heavy atom. The molecule has 36 heavy (non-hydrogen) atoms.